The fraction of sp³-hybridized carbons (Fsp3) is 0.846. The van der Waals surface area contributed by atoms with Crippen LogP contribution in [0.15, 0.2) is 0 Å². The van der Waals surface area contributed by atoms with Crippen molar-refractivity contribution in [2.45, 2.75) is 50.1 Å². The van der Waals surface area contributed by atoms with Crippen molar-refractivity contribution >= 4 is 11.9 Å². The van der Waals surface area contributed by atoms with Gasteiger partial charge in [-0.2, -0.15) is 0 Å². The summed E-state index contributed by atoms with van der Waals surface area (Å²) in [5, 5.41) is 9.31. The van der Waals surface area contributed by atoms with E-state index < -0.39 is 17.6 Å². The molecule has 0 aromatic carbocycles. The Kier molecular flexibility index (Phi) is 4.42. The minimum Gasteiger partial charge on any atom is -0.480 e. The van der Waals surface area contributed by atoms with Crippen molar-refractivity contribution in [3.05, 3.63) is 0 Å². The van der Waals surface area contributed by atoms with Gasteiger partial charge in [0.05, 0.1) is 5.54 Å². The summed E-state index contributed by atoms with van der Waals surface area (Å²) >= 11 is 0. The molecule has 6 heteroatoms. The monoisotopic (exact) mass is 270 g/mol. The second-order valence-corrected chi connectivity index (χ2v) is 5.47. The lowest BCUT2D eigenvalue weighted by Crippen LogP contribution is -2.61. The first kappa shape index (κ1) is 14.3. The van der Waals surface area contributed by atoms with Crippen LogP contribution in [0.2, 0.25) is 0 Å². The lowest BCUT2D eigenvalue weighted by molar-refractivity contribution is -0.154. The summed E-state index contributed by atoms with van der Waals surface area (Å²) in [5.74, 6) is -1.14. The molecule has 2 saturated heterocycles. The molecule has 0 aromatic heterocycles. The third-order valence-corrected chi connectivity index (χ3v) is 4.11. The summed E-state index contributed by atoms with van der Waals surface area (Å²) < 4.78 is 5.23. The second-order valence-electron chi connectivity index (χ2n) is 5.47. The van der Waals surface area contributed by atoms with Crippen LogP contribution < -0.4 is 5.73 Å². The van der Waals surface area contributed by atoms with Crippen LogP contribution in [0.4, 0.5) is 0 Å². The minimum absolute atomic E-state index is 0.217. The number of ether oxygens (including phenoxy) is 1. The van der Waals surface area contributed by atoms with E-state index in [1.165, 1.54) is 4.90 Å². The van der Waals surface area contributed by atoms with Gasteiger partial charge in [-0.15, -0.1) is 0 Å². The third-order valence-electron chi connectivity index (χ3n) is 4.11. The highest BCUT2D eigenvalue weighted by molar-refractivity contribution is 5.90. The maximum absolute atomic E-state index is 12.6. The molecule has 0 saturated carbocycles. The number of carboxylic acids is 1. The quantitative estimate of drug-likeness (QED) is 0.755. The predicted molar refractivity (Wildman–Crippen MR) is 68.6 cm³/mol. The number of carboxylic acid groups (broad SMARTS) is 1. The Morgan fingerprint density at radius 2 is 1.89 bits per heavy atom. The van der Waals surface area contributed by atoms with Crippen molar-refractivity contribution in [1.29, 1.82) is 0 Å². The molecule has 0 radical (unpaired) electrons. The topological polar surface area (TPSA) is 92.9 Å². The summed E-state index contributed by atoms with van der Waals surface area (Å²) in [4.78, 5) is 25.5. The molecule has 2 rings (SSSR count). The van der Waals surface area contributed by atoms with E-state index in [2.05, 4.69) is 0 Å². The van der Waals surface area contributed by atoms with Gasteiger partial charge in [-0.25, -0.2) is 4.79 Å². The molecule has 1 unspecified atom stereocenters. The van der Waals surface area contributed by atoms with E-state index in [1.807, 2.05) is 0 Å². The Bertz CT molecular complexity index is 353. The van der Waals surface area contributed by atoms with Crippen molar-refractivity contribution < 1.29 is 19.4 Å². The van der Waals surface area contributed by atoms with E-state index >= 15 is 0 Å². The second kappa shape index (κ2) is 5.88. The van der Waals surface area contributed by atoms with Crippen LogP contribution in [0.1, 0.15) is 38.5 Å². The number of rotatable bonds is 2. The molecular weight excluding hydrogens is 248 g/mol. The Balaban J connectivity index is 2.15. The number of nitrogens with two attached hydrogens (primary N) is 1. The summed E-state index contributed by atoms with van der Waals surface area (Å²) in [7, 11) is 0. The molecule has 1 amide bonds. The molecule has 2 aliphatic heterocycles. The maximum atomic E-state index is 12.6. The van der Waals surface area contributed by atoms with Gasteiger partial charge in [0.2, 0.25) is 5.91 Å². The smallest absolute Gasteiger partial charge is 0.326 e. The van der Waals surface area contributed by atoms with Gasteiger partial charge in [-0.3, -0.25) is 4.79 Å². The van der Waals surface area contributed by atoms with Crippen LogP contribution in [0.25, 0.3) is 0 Å². The number of likely N-dealkylation sites (tertiary alicyclic amines) is 1. The van der Waals surface area contributed by atoms with Crippen LogP contribution in [0.3, 0.4) is 0 Å². The lowest BCUT2D eigenvalue weighted by atomic mass is 9.89. The number of nitrogens with zero attached hydrogens (tertiary/aromatic N) is 1. The van der Waals surface area contributed by atoms with E-state index in [4.69, 9.17) is 10.5 Å². The third kappa shape index (κ3) is 3.06. The zero-order chi connectivity index (χ0) is 13.9. The predicted octanol–water partition coefficient (Wildman–Crippen LogP) is 0.350. The Morgan fingerprint density at radius 1 is 1.21 bits per heavy atom. The maximum Gasteiger partial charge on any atom is 0.326 e. The van der Waals surface area contributed by atoms with Gasteiger partial charge < -0.3 is 20.5 Å². The molecule has 0 bridgehead atoms. The van der Waals surface area contributed by atoms with Gasteiger partial charge in [0, 0.05) is 19.8 Å². The largest absolute Gasteiger partial charge is 0.480 e. The van der Waals surface area contributed by atoms with E-state index in [0.29, 0.717) is 39.0 Å². The molecule has 1 atom stereocenters. The normalized spacial score (nSPS) is 27.6. The lowest BCUT2D eigenvalue weighted by Gasteiger charge is -2.38. The van der Waals surface area contributed by atoms with Crippen molar-refractivity contribution in [2.24, 2.45) is 5.73 Å². The summed E-state index contributed by atoms with van der Waals surface area (Å²) in [6, 6.07) is -0.724. The summed E-state index contributed by atoms with van der Waals surface area (Å²) in [6.45, 7) is 1.43. The SMILES string of the molecule is NC1(C(=O)N2CCCCCC2C(=O)O)CCOCC1. The van der Waals surface area contributed by atoms with Crippen LogP contribution in [0.5, 0.6) is 0 Å². The first-order chi connectivity index (χ1) is 9.04. The Hall–Kier alpha value is -1.14. The van der Waals surface area contributed by atoms with Gasteiger partial charge in [-0.05, 0) is 25.7 Å². The van der Waals surface area contributed by atoms with Crippen LogP contribution in [-0.2, 0) is 14.3 Å². The fourth-order valence-corrected chi connectivity index (χ4v) is 2.84. The van der Waals surface area contributed by atoms with Crippen molar-refractivity contribution in [1.82, 2.24) is 4.90 Å². The first-order valence-corrected chi connectivity index (χ1v) is 6.95. The molecule has 0 spiro atoms. The molecule has 19 heavy (non-hydrogen) atoms. The van der Waals surface area contributed by atoms with Crippen molar-refractivity contribution in [2.75, 3.05) is 19.8 Å². The Morgan fingerprint density at radius 3 is 2.53 bits per heavy atom. The van der Waals surface area contributed by atoms with Crippen molar-refractivity contribution in [3.8, 4) is 0 Å². The number of carbonyl (C=O) groups is 2. The Labute approximate surface area is 112 Å². The molecule has 2 aliphatic rings. The fourth-order valence-electron chi connectivity index (χ4n) is 2.84. The van der Waals surface area contributed by atoms with Gasteiger partial charge >= 0.3 is 5.97 Å². The van der Waals surface area contributed by atoms with Crippen LogP contribution in [-0.4, -0.2) is 53.2 Å². The molecule has 2 fully saturated rings. The number of hydrogen-bond acceptors (Lipinski definition) is 4. The minimum atomic E-state index is -0.948. The zero-order valence-corrected chi connectivity index (χ0v) is 11.1. The summed E-state index contributed by atoms with van der Waals surface area (Å²) in [6.07, 6.45) is 4.12. The molecule has 2 heterocycles. The summed E-state index contributed by atoms with van der Waals surface area (Å²) in [5.41, 5.74) is 5.23. The van der Waals surface area contributed by atoms with Gasteiger partial charge in [-0.1, -0.05) is 12.8 Å². The van der Waals surface area contributed by atoms with Crippen molar-refractivity contribution in [3.63, 3.8) is 0 Å². The van der Waals surface area contributed by atoms with Gasteiger partial charge in [0.15, 0.2) is 0 Å². The van der Waals surface area contributed by atoms with Crippen LogP contribution in [0, 0.1) is 0 Å². The van der Waals surface area contributed by atoms with Gasteiger partial charge in [0.1, 0.15) is 6.04 Å². The molecule has 3 N–H and O–H groups in total. The molecule has 108 valence electrons. The van der Waals surface area contributed by atoms with E-state index in [-0.39, 0.29) is 5.91 Å². The first-order valence-electron chi connectivity index (χ1n) is 6.95. The molecule has 0 aliphatic carbocycles. The zero-order valence-electron chi connectivity index (χ0n) is 11.1. The number of carbonyl (C=O) groups excluding carboxylic acids is 1. The highest BCUT2D eigenvalue weighted by atomic mass is 16.5. The van der Waals surface area contributed by atoms with E-state index in [9.17, 15) is 14.7 Å². The standard InChI is InChI=1S/C13H22N2O4/c14-13(5-8-19-9-6-13)12(18)15-7-3-1-2-4-10(15)11(16)17/h10H,1-9,14H2,(H,16,17). The number of aliphatic carboxylic acids is 1. The number of amides is 1. The molecular formula is C13H22N2O4. The highest BCUT2D eigenvalue weighted by Crippen LogP contribution is 2.25. The molecule has 0 aromatic rings. The average Bonchev–Trinajstić information content (AvgIpc) is 2.64. The number of hydrogen-bond donors (Lipinski definition) is 2. The van der Waals surface area contributed by atoms with Crippen LogP contribution >= 0.6 is 0 Å². The van der Waals surface area contributed by atoms with E-state index in [1.54, 1.807) is 0 Å². The average molecular weight is 270 g/mol. The highest BCUT2D eigenvalue weighted by Gasteiger charge is 2.42. The molecule has 6 nitrogen and oxygen atoms in total. The van der Waals surface area contributed by atoms with Gasteiger partial charge in [0.25, 0.3) is 0 Å². The van der Waals surface area contributed by atoms with E-state index in [0.717, 1.165) is 19.3 Å².